The topological polar surface area (TPSA) is 64.2 Å². The third-order valence-corrected chi connectivity index (χ3v) is 5.80. The third kappa shape index (κ3) is 3.26. The molecule has 6 nitrogen and oxygen atoms in total. The molecule has 1 amide bonds. The minimum absolute atomic E-state index is 0.0467. The molecule has 4 aromatic rings. The molecule has 0 atom stereocenters. The Morgan fingerprint density at radius 3 is 2.67 bits per heavy atom. The van der Waals surface area contributed by atoms with Gasteiger partial charge in [0.15, 0.2) is 11.5 Å². The molecule has 2 aromatic carbocycles. The van der Waals surface area contributed by atoms with E-state index in [1.54, 1.807) is 25.1 Å². The van der Waals surface area contributed by atoms with Crippen molar-refractivity contribution in [1.29, 1.82) is 0 Å². The monoisotopic (exact) mass is 440 g/mol. The molecule has 1 aliphatic rings. The predicted octanol–water partition coefficient (Wildman–Crippen LogP) is 5.04. The summed E-state index contributed by atoms with van der Waals surface area (Å²) in [4.78, 5) is 19.2. The Bertz CT molecular complexity index is 1290. The number of aryl methyl sites for hydroxylation is 2. The van der Waals surface area contributed by atoms with Crippen LogP contribution in [-0.2, 0) is 20.0 Å². The lowest BCUT2D eigenvalue weighted by atomic mass is 9.99. The van der Waals surface area contributed by atoms with Crippen molar-refractivity contribution in [3.8, 4) is 11.3 Å². The fraction of sp³-hybridized carbons (Fsp3) is 0.227. The minimum Gasteiger partial charge on any atom is -0.441 e. The van der Waals surface area contributed by atoms with Crippen molar-refractivity contribution in [2.24, 2.45) is 7.05 Å². The van der Waals surface area contributed by atoms with E-state index >= 15 is 0 Å². The van der Waals surface area contributed by atoms with Gasteiger partial charge in [0.25, 0.3) is 5.91 Å². The van der Waals surface area contributed by atoms with E-state index in [0.717, 1.165) is 28.0 Å². The van der Waals surface area contributed by atoms with Crippen molar-refractivity contribution >= 4 is 40.2 Å². The summed E-state index contributed by atoms with van der Waals surface area (Å²) in [5.41, 5.74) is 5.88. The zero-order valence-electron chi connectivity index (χ0n) is 16.4. The number of carbonyl (C=O) groups excluding carboxylic acids is 1. The van der Waals surface area contributed by atoms with Crippen LogP contribution >= 0.6 is 23.2 Å². The highest BCUT2D eigenvalue weighted by Gasteiger charge is 2.28. The average molecular weight is 441 g/mol. The van der Waals surface area contributed by atoms with E-state index in [1.807, 2.05) is 34.8 Å². The molecule has 0 fully saturated rings. The highest BCUT2D eigenvalue weighted by molar-refractivity contribution is 6.35. The molecule has 30 heavy (non-hydrogen) atoms. The van der Waals surface area contributed by atoms with Gasteiger partial charge in [0.2, 0.25) is 0 Å². The van der Waals surface area contributed by atoms with E-state index in [4.69, 9.17) is 27.6 Å². The molecule has 0 saturated heterocycles. The lowest BCUT2D eigenvalue weighted by Crippen LogP contribution is -2.35. The number of hydrogen-bond donors (Lipinski definition) is 0. The molecule has 8 heteroatoms. The van der Waals surface area contributed by atoms with E-state index in [9.17, 15) is 4.79 Å². The summed E-state index contributed by atoms with van der Waals surface area (Å²) >= 11 is 12.4. The average Bonchev–Trinajstić information content (AvgIpc) is 3.23. The fourth-order valence-corrected chi connectivity index (χ4v) is 4.63. The van der Waals surface area contributed by atoms with Crippen LogP contribution in [0.1, 0.15) is 27.5 Å². The van der Waals surface area contributed by atoms with Crippen LogP contribution in [0.4, 0.5) is 0 Å². The molecule has 0 aliphatic carbocycles. The summed E-state index contributed by atoms with van der Waals surface area (Å²) in [7, 11) is 1.90. The third-order valence-electron chi connectivity index (χ3n) is 5.37. The van der Waals surface area contributed by atoms with Crippen molar-refractivity contribution in [3.63, 3.8) is 0 Å². The van der Waals surface area contributed by atoms with Crippen molar-refractivity contribution in [1.82, 2.24) is 19.7 Å². The number of rotatable bonds is 2. The number of aromatic nitrogens is 3. The first-order chi connectivity index (χ1) is 14.4. The van der Waals surface area contributed by atoms with E-state index in [-0.39, 0.29) is 5.91 Å². The second-order valence-electron chi connectivity index (χ2n) is 7.45. The number of nitrogens with zero attached hydrogens (tertiary/aromatic N) is 4. The molecule has 5 rings (SSSR count). The molecule has 0 radical (unpaired) electrons. The van der Waals surface area contributed by atoms with Crippen molar-refractivity contribution in [2.75, 3.05) is 6.54 Å². The van der Waals surface area contributed by atoms with Crippen LogP contribution < -0.4 is 0 Å². The zero-order valence-corrected chi connectivity index (χ0v) is 18.0. The Labute approximate surface area is 183 Å². The molecule has 0 bridgehead atoms. The smallest absolute Gasteiger partial charge is 0.254 e. The minimum atomic E-state index is -0.0467. The number of halogens is 2. The number of oxazole rings is 1. The first kappa shape index (κ1) is 19.2. The van der Waals surface area contributed by atoms with E-state index in [1.165, 1.54) is 0 Å². The Hall–Kier alpha value is -2.83. The van der Waals surface area contributed by atoms with Gasteiger partial charge in [0.1, 0.15) is 5.52 Å². The van der Waals surface area contributed by atoms with Gasteiger partial charge >= 0.3 is 0 Å². The number of hydrogen-bond acceptors (Lipinski definition) is 4. The van der Waals surface area contributed by atoms with Crippen LogP contribution in [0, 0.1) is 6.92 Å². The summed E-state index contributed by atoms with van der Waals surface area (Å²) in [5, 5.41) is 5.84. The van der Waals surface area contributed by atoms with Gasteiger partial charge in [-0.3, -0.25) is 9.48 Å². The Morgan fingerprint density at radius 2 is 1.90 bits per heavy atom. The maximum Gasteiger partial charge on any atom is 0.254 e. The van der Waals surface area contributed by atoms with Crippen LogP contribution in [0.15, 0.2) is 40.8 Å². The normalized spacial score (nSPS) is 13.7. The van der Waals surface area contributed by atoms with Crippen LogP contribution in [-0.4, -0.2) is 32.1 Å². The van der Waals surface area contributed by atoms with Gasteiger partial charge < -0.3 is 9.32 Å². The number of amides is 1. The van der Waals surface area contributed by atoms with Crippen molar-refractivity contribution < 1.29 is 9.21 Å². The Kier molecular flexibility index (Phi) is 4.56. The van der Waals surface area contributed by atoms with Crippen LogP contribution in [0.25, 0.3) is 22.4 Å². The van der Waals surface area contributed by atoms with Crippen LogP contribution in [0.5, 0.6) is 0 Å². The van der Waals surface area contributed by atoms with E-state index in [0.29, 0.717) is 46.6 Å². The predicted molar refractivity (Wildman–Crippen MR) is 116 cm³/mol. The Morgan fingerprint density at radius 1 is 1.13 bits per heavy atom. The molecule has 0 spiro atoms. The maximum atomic E-state index is 13.1. The van der Waals surface area contributed by atoms with Gasteiger partial charge in [-0.05, 0) is 42.8 Å². The van der Waals surface area contributed by atoms with Crippen molar-refractivity contribution in [2.45, 2.75) is 19.9 Å². The zero-order chi connectivity index (χ0) is 21.0. The number of carbonyl (C=O) groups is 1. The summed E-state index contributed by atoms with van der Waals surface area (Å²) in [5.74, 6) is 0.536. The van der Waals surface area contributed by atoms with Gasteiger partial charge in [-0.15, -0.1) is 0 Å². The summed E-state index contributed by atoms with van der Waals surface area (Å²) in [6, 6.07) is 10.8. The summed E-state index contributed by atoms with van der Waals surface area (Å²) in [6.07, 6.45) is 0.706. The van der Waals surface area contributed by atoms with E-state index < -0.39 is 0 Å². The molecule has 2 aromatic heterocycles. The van der Waals surface area contributed by atoms with Gasteiger partial charge in [0, 0.05) is 47.3 Å². The van der Waals surface area contributed by atoms with Crippen LogP contribution in [0.2, 0.25) is 10.0 Å². The highest BCUT2D eigenvalue weighted by Crippen LogP contribution is 2.33. The first-order valence-electron chi connectivity index (χ1n) is 9.57. The number of benzene rings is 2. The molecule has 0 unspecified atom stereocenters. The molecule has 1 aliphatic heterocycles. The Balaban J connectivity index is 1.45. The molecule has 152 valence electrons. The second kappa shape index (κ2) is 7.15. The fourth-order valence-electron chi connectivity index (χ4n) is 4.10. The standard InChI is InChI=1S/C22H18Cl2N4O2/c1-12-25-18-4-3-13(9-20(18)30-12)22(29)28-6-5-17-19(11-28)26-27(2)21(17)14-7-15(23)10-16(24)8-14/h3-4,7-10H,5-6,11H2,1-2H3. The molecule has 3 heterocycles. The molecule has 0 N–H and O–H groups in total. The van der Waals surface area contributed by atoms with E-state index in [2.05, 4.69) is 10.1 Å². The maximum absolute atomic E-state index is 13.1. The second-order valence-corrected chi connectivity index (χ2v) is 8.32. The molecular formula is C22H18Cl2N4O2. The van der Waals surface area contributed by atoms with Gasteiger partial charge in [-0.25, -0.2) is 4.98 Å². The summed E-state index contributed by atoms with van der Waals surface area (Å²) < 4.78 is 7.41. The highest BCUT2D eigenvalue weighted by atomic mass is 35.5. The van der Waals surface area contributed by atoms with Gasteiger partial charge in [-0.1, -0.05) is 23.2 Å². The SMILES string of the molecule is Cc1nc2ccc(C(=O)N3CCc4c(nn(C)c4-c4cc(Cl)cc(Cl)c4)C3)cc2o1. The first-order valence-corrected chi connectivity index (χ1v) is 10.3. The molecular weight excluding hydrogens is 423 g/mol. The lowest BCUT2D eigenvalue weighted by Gasteiger charge is -2.26. The molecule has 0 saturated carbocycles. The van der Waals surface area contributed by atoms with Gasteiger partial charge in [-0.2, -0.15) is 5.10 Å². The quantitative estimate of drug-likeness (QED) is 0.437. The van der Waals surface area contributed by atoms with Crippen molar-refractivity contribution in [3.05, 3.63) is 69.2 Å². The summed E-state index contributed by atoms with van der Waals surface area (Å²) in [6.45, 7) is 2.84. The van der Waals surface area contributed by atoms with Crippen LogP contribution in [0.3, 0.4) is 0 Å². The lowest BCUT2D eigenvalue weighted by molar-refractivity contribution is 0.0732. The number of fused-ring (bicyclic) bond motifs is 2. The largest absolute Gasteiger partial charge is 0.441 e. The van der Waals surface area contributed by atoms with Gasteiger partial charge in [0.05, 0.1) is 17.9 Å².